The van der Waals surface area contributed by atoms with Gasteiger partial charge in [-0.1, -0.05) is 23.7 Å². The highest BCUT2D eigenvalue weighted by Gasteiger charge is 2.39. The summed E-state index contributed by atoms with van der Waals surface area (Å²) in [4.78, 5) is 29.1. The van der Waals surface area contributed by atoms with Crippen LogP contribution in [0, 0.1) is 5.41 Å². The second-order valence-corrected chi connectivity index (χ2v) is 7.29. The molecule has 6 heteroatoms. The van der Waals surface area contributed by atoms with E-state index >= 15 is 0 Å². The van der Waals surface area contributed by atoms with Crippen LogP contribution >= 0.6 is 11.6 Å². The molecular formula is C18H26ClN3O2. The van der Waals surface area contributed by atoms with Crippen molar-refractivity contribution < 1.29 is 9.59 Å². The summed E-state index contributed by atoms with van der Waals surface area (Å²) in [6.45, 7) is 6.92. The fourth-order valence-electron chi connectivity index (χ4n) is 2.74. The molecule has 24 heavy (non-hydrogen) atoms. The van der Waals surface area contributed by atoms with Gasteiger partial charge in [0.15, 0.2) is 0 Å². The van der Waals surface area contributed by atoms with Gasteiger partial charge in [0, 0.05) is 37.7 Å². The first kappa shape index (κ1) is 18.7. The van der Waals surface area contributed by atoms with Gasteiger partial charge in [0.1, 0.15) is 5.41 Å². The molecule has 1 aromatic rings. The Bertz CT molecular complexity index is 596. The molecule has 132 valence electrons. The summed E-state index contributed by atoms with van der Waals surface area (Å²) in [6, 6.07) is 7.56. The number of benzene rings is 1. The molecule has 0 radical (unpaired) electrons. The number of carbonyl (C=O) groups is 2. The molecule has 1 saturated heterocycles. The molecule has 1 fully saturated rings. The molecule has 2 rings (SSSR count). The maximum absolute atomic E-state index is 12.7. The maximum atomic E-state index is 12.7. The average molecular weight is 352 g/mol. The number of rotatable bonds is 5. The Kier molecular flexibility index (Phi) is 6.24. The summed E-state index contributed by atoms with van der Waals surface area (Å²) in [6.07, 6.45) is 0.686. The summed E-state index contributed by atoms with van der Waals surface area (Å²) in [7, 11) is 2.04. The van der Waals surface area contributed by atoms with E-state index < -0.39 is 5.41 Å². The number of nitrogens with one attached hydrogen (secondary N) is 1. The zero-order valence-corrected chi connectivity index (χ0v) is 15.4. The molecular weight excluding hydrogens is 326 g/mol. The van der Waals surface area contributed by atoms with Gasteiger partial charge in [0.2, 0.25) is 11.8 Å². The number of likely N-dealkylation sites (N-methyl/N-ethyl adjacent to an activating group) is 1. The summed E-state index contributed by atoms with van der Waals surface area (Å²) < 4.78 is 0. The van der Waals surface area contributed by atoms with Gasteiger partial charge >= 0.3 is 0 Å². The topological polar surface area (TPSA) is 52.7 Å². The zero-order chi connectivity index (χ0) is 17.7. The highest BCUT2D eigenvalue weighted by Crippen LogP contribution is 2.20. The largest absolute Gasteiger partial charge is 0.355 e. The van der Waals surface area contributed by atoms with E-state index in [4.69, 9.17) is 11.6 Å². The van der Waals surface area contributed by atoms with Crippen LogP contribution in [0.4, 0.5) is 0 Å². The number of amides is 2. The maximum Gasteiger partial charge on any atom is 0.237 e. The molecule has 0 atom stereocenters. The predicted octanol–water partition coefficient (Wildman–Crippen LogP) is 1.80. The second-order valence-electron chi connectivity index (χ2n) is 6.86. The molecule has 2 amide bonds. The van der Waals surface area contributed by atoms with Crippen molar-refractivity contribution >= 4 is 23.4 Å². The van der Waals surface area contributed by atoms with Crippen LogP contribution in [-0.2, 0) is 16.0 Å². The number of hydrogen-bond donors (Lipinski definition) is 1. The van der Waals surface area contributed by atoms with Crippen molar-refractivity contribution in [3.05, 3.63) is 34.9 Å². The summed E-state index contributed by atoms with van der Waals surface area (Å²) >= 11 is 5.96. The fraction of sp³-hybridized carbons (Fsp3) is 0.556. The van der Waals surface area contributed by atoms with E-state index in [0.717, 1.165) is 18.7 Å². The zero-order valence-electron chi connectivity index (χ0n) is 14.6. The minimum Gasteiger partial charge on any atom is -0.355 e. The van der Waals surface area contributed by atoms with Gasteiger partial charge in [0.05, 0.1) is 0 Å². The third kappa shape index (κ3) is 4.71. The summed E-state index contributed by atoms with van der Waals surface area (Å²) in [5.74, 6) is -0.329. The number of piperazine rings is 1. The minimum absolute atomic E-state index is 0.101. The van der Waals surface area contributed by atoms with E-state index in [1.807, 2.05) is 31.3 Å². The van der Waals surface area contributed by atoms with E-state index in [1.165, 1.54) is 0 Å². The van der Waals surface area contributed by atoms with Crippen LogP contribution in [0.1, 0.15) is 19.4 Å². The monoisotopic (exact) mass is 351 g/mol. The van der Waals surface area contributed by atoms with E-state index in [0.29, 0.717) is 31.1 Å². The van der Waals surface area contributed by atoms with E-state index in [1.54, 1.807) is 18.7 Å². The van der Waals surface area contributed by atoms with Crippen molar-refractivity contribution in [2.45, 2.75) is 20.3 Å². The molecule has 5 nitrogen and oxygen atoms in total. The lowest BCUT2D eigenvalue weighted by Crippen LogP contribution is -2.55. The molecule has 0 spiro atoms. The molecule has 1 aliphatic heterocycles. The lowest BCUT2D eigenvalue weighted by Gasteiger charge is -2.36. The molecule has 1 heterocycles. The first-order valence-electron chi connectivity index (χ1n) is 8.31. The minimum atomic E-state index is -1.05. The fourth-order valence-corrected chi connectivity index (χ4v) is 2.95. The Labute approximate surface area is 149 Å². The van der Waals surface area contributed by atoms with E-state index in [-0.39, 0.29) is 11.8 Å². The van der Waals surface area contributed by atoms with Gasteiger partial charge in [-0.25, -0.2) is 0 Å². The Balaban J connectivity index is 1.86. The van der Waals surface area contributed by atoms with Crippen molar-refractivity contribution in [3.63, 3.8) is 0 Å². The lowest BCUT2D eigenvalue weighted by atomic mass is 9.90. The molecule has 0 saturated carbocycles. The van der Waals surface area contributed by atoms with Crippen LogP contribution in [0.15, 0.2) is 24.3 Å². The van der Waals surface area contributed by atoms with Gasteiger partial charge in [-0.15, -0.1) is 0 Å². The molecule has 1 N–H and O–H groups in total. The van der Waals surface area contributed by atoms with Crippen LogP contribution in [-0.4, -0.2) is 61.4 Å². The van der Waals surface area contributed by atoms with Gasteiger partial charge in [-0.3, -0.25) is 9.59 Å². The standard InChI is InChI=1S/C18H26ClN3O2/c1-18(2,17(24)22-11-9-21(3)10-12-22)16(23)20-8-7-14-5-4-6-15(19)13-14/h4-6,13H,7-12H2,1-3H3,(H,20,23). The SMILES string of the molecule is CN1CCN(C(=O)C(C)(C)C(=O)NCCc2cccc(Cl)c2)CC1. The van der Waals surface area contributed by atoms with Gasteiger partial charge in [-0.2, -0.15) is 0 Å². The van der Waals surface area contributed by atoms with Crippen LogP contribution in [0.3, 0.4) is 0 Å². The molecule has 0 aromatic heterocycles. The highest BCUT2D eigenvalue weighted by molar-refractivity contribution is 6.30. The Morgan fingerprint density at radius 3 is 2.50 bits per heavy atom. The highest BCUT2D eigenvalue weighted by atomic mass is 35.5. The van der Waals surface area contributed by atoms with Crippen LogP contribution < -0.4 is 5.32 Å². The summed E-state index contributed by atoms with van der Waals surface area (Å²) in [5.41, 5.74) is 0.00977. The Hall–Kier alpha value is -1.59. The van der Waals surface area contributed by atoms with E-state index in [2.05, 4.69) is 10.2 Å². The van der Waals surface area contributed by atoms with E-state index in [9.17, 15) is 9.59 Å². The number of carbonyl (C=O) groups excluding carboxylic acids is 2. The van der Waals surface area contributed by atoms with Crippen molar-refractivity contribution in [1.29, 1.82) is 0 Å². The predicted molar refractivity (Wildman–Crippen MR) is 96.0 cm³/mol. The molecule has 0 aliphatic carbocycles. The smallest absolute Gasteiger partial charge is 0.237 e. The third-order valence-corrected chi connectivity index (χ3v) is 4.72. The van der Waals surface area contributed by atoms with Crippen molar-refractivity contribution in [3.8, 4) is 0 Å². The van der Waals surface area contributed by atoms with Crippen molar-refractivity contribution in [1.82, 2.24) is 15.1 Å². The van der Waals surface area contributed by atoms with Gasteiger partial charge in [0.25, 0.3) is 0 Å². The van der Waals surface area contributed by atoms with Gasteiger partial charge < -0.3 is 15.1 Å². The molecule has 1 aliphatic rings. The number of hydrogen-bond acceptors (Lipinski definition) is 3. The number of halogens is 1. The first-order chi connectivity index (χ1) is 11.3. The van der Waals surface area contributed by atoms with Crippen LogP contribution in [0.25, 0.3) is 0 Å². The lowest BCUT2D eigenvalue weighted by molar-refractivity contribution is -0.149. The second kappa shape index (κ2) is 7.99. The normalized spacial score (nSPS) is 16.1. The van der Waals surface area contributed by atoms with Crippen LogP contribution in [0.5, 0.6) is 0 Å². The molecule has 1 aromatic carbocycles. The Morgan fingerprint density at radius 2 is 1.88 bits per heavy atom. The molecule has 0 bridgehead atoms. The number of nitrogens with zero attached hydrogens (tertiary/aromatic N) is 2. The summed E-state index contributed by atoms with van der Waals surface area (Å²) in [5, 5.41) is 3.56. The van der Waals surface area contributed by atoms with Crippen molar-refractivity contribution in [2.24, 2.45) is 5.41 Å². The molecule has 0 unspecified atom stereocenters. The third-order valence-electron chi connectivity index (χ3n) is 4.48. The van der Waals surface area contributed by atoms with Crippen LogP contribution in [0.2, 0.25) is 5.02 Å². The Morgan fingerprint density at radius 1 is 1.21 bits per heavy atom. The first-order valence-corrected chi connectivity index (χ1v) is 8.69. The average Bonchev–Trinajstić information content (AvgIpc) is 2.55. The van der Waals surface area contributed by atoms with Crippen molar-refractivity contribution in [2.75, 3.05) is 39.8 Å². The quantitative estimate of drug-likeness (QED) is 0.823. The van der Waals surface area contributed by atoms with Gasteiger partial charge in [-0.05, 0) is 45.0 Å².